The fourth-order valence-electron chi connectivity index (χ4n) is 3.22. The van der Waals surface area contributed by atoms with Gasteiger partial charge in [-0.05, 0) is 18.2 Å². The summed E-state index contributed by atoms with van der Waals surface area (Å²) in [5.41, 5.74) is 2.39. The van der Waals surface area contributed by atoms with Gasteiger partial charge in [0.1, 0.15) is 43.4 Å². The van der Waals surface area contributed by atoms with Crippen LogP contribution < -0.4 is 14.8 Å². The number of hydrogen-bond acceptors (Lipinski definition) is 3. The Morgan fingerprint density at radius 1 is 1.16 bits per heavy atom. The Labute approximate surface area is 160 Å². The van der Waals surface area contributed by atoms with E-state index in [1.54, 1.807) is 16.2 Å². The highest BCUT2D eigenvalue weighted by Gasteiger charge is 2.26. The average Bonchev–Trinajstić information content (AvgIpc) is 3.12. The van der Waals surface area contributed by atoms with Gasteiger partial charge in [-0.2, -0.15) is 0 Å². The number of pyridine rings is 1. The van der Waals surface area contributed by atoms with Crippen LogP contribution in [0.25, 0.3) is 10.6 Å². The highest BCUT2D eigenvalue weighted by atomic mass is 79.9. The minimum absolute atomic E-state index is 1.01. The zero-order valence-electron chi connectivity index (χ0n) is 13.9. The summed E-state index contributed by atoms with van der Waals surface area (Å²) in [5.74, 6) is 1.21. The van der Waals surface area contributed by atoms with E-state index in [2.05, 4.69) is 61.5 Å². The largest absolute Gasteiger partial charge is 0.323 e. The lowest BCUT2D eigenvalue weighted by molar-refractivity contribution is -0.914. The van der Waals surface area contributed by atoms with Crippen LogP contribution in [-0.2, 0) is 6.54 Å². The summed E-state index contributed by atoms with van der Waals surface area (Å²) < 4.78 is 1.10. The predicted octanol–water partition coefficient (Wildman–Crippen LogP) is 2.29. The maximum Gasteiger partial charge on any atom is 0.274 e. The van der Waals surface area contributed by atoms with Gasteiger partial charge >= 0.3 is 0 Å². The van der Waals surface area contributed by atoms with Crippen LogP contribution >= 0.6 is 27.3 Å². The number of halogens is 1. The van der Waals surface area contributed by atoms with Gasteiger partial charge in [-0.15, -0.1) is 11.3 Å². The monoisotopic (exact) mass is 416 g/mol. The van der Waals surface area contributed by atoms with Gasteiger partial charge < -0.3 is 4.90 Å². The molecule has 128 valence electrons. The first-order valence-electron chi connectivity index (χ1n) is 8.53. The number of benzene rings is 1. The number of aromatic amines is 1. The third kappa shape index (κ3) is 4.08. The van der Waals surface area contributed by atoms with Gasteiger partial charge in [-0.25, -0.2) is 9.97 Å². The molecule has 25 heavy (non-hydrogen) atoms. The Hall–Kier alpha value is -1.76. The van der Waals surface area contributed by atoms with Gasteiger partial charge in [-0.1, -0.05) is 34.1 Å². The molecule has 1 fully saturated rings. The third-order valence-corrected chi connectivity index (χ3v) is 5.99. The average molecular weight is 417 g/mol. The second-order valence-electron chi connectivity index (χ2n) is 6.32. The van der Waals surface area contributed by atoms with Gasteiger partial charge in [0.05, 0.1) is 6.20 Å². The molecule has 1 aliphatic rings. The topological polar surface area (TPSA) is 34.7 Å². The summed E-state index contributed by atoms with van der Waals surface area (Å²) in [6, 6.07) is 14.6. The summed E-state index contributed by atoms with van der Waals surface area (Å²) in [7, 11) is 0. The number of aromatic nitrogens is 2. The van der Waals surface area contributed by atoms with Crippen molar-refractivity contribution >= 4 is 33.1 Å². The van der Waals surface area contributed by atoms with Gasteiger partial charge in [0.2, 0.25) is 0 Å². The first kappa shape index (κ1) is 16.7. The Morgan fingerprint density at radius 3 is 2.80 bits per heavy atom. The number of anilines is 1. The molecule has 2 aromatic heterocycles. The van der Waals surface area contributed by atoms with Crippen molar-refractivity contribution in [3.63, 3.8) is 0 Å². The summed E-state index contributed by atoms with van der Waals surface area (Å²) in [6.45, 7) is 5.47. The standard InChI is InChI=1S/C19H19BrN4S/c20-16-5-3-4-15(12-16)19-22-17(14-25-19)13-23-8-10-24(11-9-23)18-6-1-2-7-21-18/h1-7,12,14H,8-11,13H2/p+2. The van der Waals surface area contributed by atoms with Crippen molar-refractivity contribution in [3.05, 3.63) is 64.2 Å². The molecule has 0 amide bonds. The van der Waals surface area contributed by atoms with Crippen LogP contribution in [0.2, 0.25) is 0 Å². The van der Waals surface area contributed by atoms with Crippen molar-refractivity contribution in [1.82, 2.24) is 4.98 Å². The van der Waals surface area contributed by atoms with E-state index < -0.39 is 0 Å². The molecule has 0 radical (unpaired) electrons. The maximum atomic E-state index is 4.85. The highest BCUT2D eigenvalue weighted by molar-refractivity contribution is 9.10. The van der Waals surface area contributed by atoms with Gasteiger partial charge in [0.25, 0.3) is 5.82 Å². The van der Waals surface area contributed by atoms with E-state index in [1.165, 1.54) is 17.1 Å². The molecule has 1 aromatic carbocycles. The lowest BCUT2D eigenvalue weighted by Gasteiger charge is -2.27. The fraction of sp³-hybridized carbons (Fsp3) is 0.263. The van der Waals surface area contributed by atoms with Crippen LogP contribution in [0.15, 0.2) is 58.5 Å². The summed E-state index contributed by atoms with van der Waals surface area (Å²) >= 11 is 5.27. The summed E-state index contributed by atoms with van der Waals surface area (Å²) in [4.78, 5) is 12.2. The van der Waals surface area contributed by atoms with Crippen molar-refractivity contribution in [2.75, 3.05) is 31.1 Å². The Balaban J connectivity index is 1.36. The first-order chi connectivity index (χ1) is 12.3. The van der Waals surface area contributed by atoms with Crippen LogP contribution in [-0.4, -0.2) is 31.2 Å². The molecule has 0 atom stereocenters. The van der Waals surface area contributed by atoms with Gasteiger partial charge in [-0.3, -0.25) is 4.90 Å². The quantitative estimate of drug-likeness (QED) is 0.707. The van der Waals surface area contributed by atoms with Gasteiger partial charge in [0.15, 0.2) is 0 Å². The fourth-order valence-corrected chi connectivity index (χ4v) is 4.44. The Bertz CT molecular complexity index is 828. The van der Waals surface area contributed by atoms with E-state index in [9.17, 15) is 0 Å². The molecule has 0 aliphatic carbocycles. The van der Waals surface area contributed by atoms with Crippen LogP contribution in [0.4, 0.5) is 5.82 Å². The number of hydrogen-bond donors (Lipinski definition) is 1. The van der Waals surface area contributed by atoms with E-state index >= 15 is 0 Å². The zero-order valence-corrected chi connectivity index (χ0v) is 16.3. The predicted molar refractivity (Wildman–Crippen MR) is 105 cm³/mol. The normalized spacial score (nSPS) is 15.5. The second-order valence-corrected chi connectivity index (χ2v) is 8.09. The minimum Gasteiger partial charge on any atom is -0.323 e. The molecule has 6 heteroatoms. The molecule has 0 saturated carbocycles. The molecule has 2 N–H and O–H groups in total. The van der Waals surface area contributed by atoms with E-state index in [4.69, 9.17) is 4.98 Å². The molecule has 3 aromatic rings. The molecular formula is C19H21BrN4S+2. The molecule has 1 saturated heterocycles. The first-order valence-corrected chi connectivity index (χ1v) is 10.2. The summed E-state index contributed by atoms with van der Waals surface area (Å²) in [5, 5.41) is 3.31. The van der Waals surface area contributed by atoms with E-state index in [0.717, 1.165) is 42.2 Å². The number of rotatable bonds is 4. The zero-order chi connectivity index (χ0) is 17.1. The third-order valence-electron chi connectivity index (χ3n) is 4.56. The number of nitrogens with zero attached hydrogens (tertiary/aromatic N) is 2. The number of nitrogens with one attached hydrogen (secondary N) is 2. The number of piperazine rings is 1. The molecular weight excluding hydrogens is 396 g/mol. The molecule has 4 nitrogen and oxygen atoms in total. The van der Waals surface area contributed by atoms with Crippen LogP contribution in [0.1, 0.15) is 5.69 Å². The van der Waals surface area contributed by atoms with E-state index in [-0.39, 0.29) is 0 Å². The lowest BCUT2D eigenvalue weighted by atomic mass is 10.2. The van der Waals surface area contributed by atoms with E-state index in [0.29, 0.717) is 0 Å². The smallest absolute Gasteiger partial charge is 0.274 e. The second kappa shape index (κ2) is 7.64. The lowest BCUT2D eigenvalue weighted by Crippen LogP contribution is -3.13. The maximum absolute atomic E-state index is 4.85. The summed E-state index contributed by atoms with van der Waals surface area (Å²) in [6.07, 6.45) is 1.99. The van der Waals surface area contributed by atoms with Crippen molar-refractivity contribution in [2.24, 2.45) is 0 Å². The van der Waals surface area contributed by atoms with Crippen LogP contribution in [0.3, 0.4) is 0 Å². The number of thiazole rings is 1. The van der Waals surface area contributed by atoms with E-state index in [1.807, 2.05) is 18.3 Å². The van der Waals surface area contributed by atoms with Crippen molar-refractivity contribution in [2.45, 2.75) is 6.54 Å². The van der Waals surface area contributed by atoms with Crippen LogP contribution in [0, 0.1) is 0 Å². The minimum atomic E-state index is 1.01. The Morgan fingerprint density at radius 2 is 2.04 bits per heavy atom. The highest BCUT2D eigenvalue weighted by Crippen LogP contribution is 2.26. The van der Waals surface area contributed by atoms with Crippen molar-refractivity contribution in [3.8, 4) is 10.6 Å². The van der Waals surface area contributed by atoms with Crippen molar-refractivity contribution in [1.29, 1.82) is 0 Å². The molecule has 4 rings (SSSR count). The molecule has 1 aliphatic heterocycles. The number of quaternary nitrogens is 1. The van der Waals surface area contributed by atoms with Gasteiger partial charge in [0, 0.05) is 21.5 Å². The molecule has 3 heterocycles. The Kier molecular flexibility index (Phi) is 5.10. The SMILES string of the molecule is Brc1cccc(-c2nc(C[NH+]3CCN(c4cccc[nH+]4)CC3)cs2)c1. The molecule has 0 spiro atoms. The molecule has 0 unspecified atom stereocenters. The van der Waals surface area contributed by atoms with Crippen LogP contribution in [0.5, 0.6) is 0 Å². The molecule has 0 bridgehead atoms. The van der Waals surface area contributed by atoms with Crippen molar-refractivity contribution < 1.29 is 9.88 Å². The number of H-pyrrole nitrogens is 1.